The van der Waals surface area contributed by atoms with Crippen LogP contribution < -0.4 is 10.6 Å². The summed E-state index contributed by atoms with van der Waals surface area (Å²) >= 11 is 0. The highest BCUT2D eigenvalue weighted by molar-refractivity contribution is 7.94. The molecule has 0 aliphatic heterocycles. The summed E-state index contributed by atoms with van der Waals surface area (Å²) < 4.78 is 11.4. The third-order valence-electron chi connectivity index (χ3n) is 10.3. The van der Waals surface area contributed by atoms with E-state index in [1.807, 2.05) is 92.7 Å². The third-order valence-corrected chi connectivity index (χ3v) is 11.3. The summed E-state index contributed by atoms with van der Waals surface area (Å²) in [4.78, 5) is 92.0. The number of carbonyl (C=O) groups is 7. The monoisotopic (exact) mass is 836 g/mol. The molecule has 0 aromatic heterocycles. The molecule has 2 N–H and O–H groups in total. The molecule has 0 spiro atoms. The average Bonchev–Trinajstić information content (AvgIpc) is 3.52. The maximum Gasteiger partial charge on any atom is 0.310 e. The van der Waals surface area contributed by atoms with Crippen LogP contribution in [0.15, 0.2) is 78.9 Å². The molecular formula is C47H58BN2O9P. The molecule has 11 nitrogen and oxygen atoms in total. The Balaban J connectivity index is 1.35. The van der Waals surface area contributed by atoms with Crippen molar-refractivity contribution in [2.45, 2.75) is 104 Å². The van der Waals surface area contributed by atoms with Gasteiger partial charge in [-0.1, -0.05) is 101 Å². The summed E-state index contributed by atoms with van der Waals surface area (Å²) in [6.07, 6.45) is -0.301. The lowest BCUT2D eigenvalue weighted by Crippen LogP contribution is -2.44. The van der Waals surface area contributed by atoms with Gasteiger partial charge in [-0.2, -0.15) is 0 Å². The number of carbonyl (C=O) groups excluding carboxylic acids is 7. The average molecular weight is 837 g/mol. The summed E-state index contributed by atoms with van der Waals surface area (Å²) in [5.74, 6) is -4.55. The number of Topliss-reactive ketones (excluding diaryl/α,β-unsaturated/α-hetero) is 2. The molecular weight excluding hydrogens is 778 g/mol. The second-order valence-corrected chi connectivity index (χ2v) is 18.7. The predicted octanol–water partition coefficient (Wildman–Crippen LogP) is 7.01. The number of hydrogen-bond acceptors (Lipinski definition) is 9. The summed E-state index contributed by atoms with van der Waals surface area (Å²) in [5.41, 5.74) is 4.01. The molecule has 0 bridgehead atoms. The van der Waals surface area contributed by atoms with Gasteiger partial charge in [-0.3, -0.25) is 33.6 Å². The van der Waals surface area contributed by atoms with Crippen LogP contribution in [0.25, 0.3) is 11.1 Å². The highest BCUT2D eigenvalue weighted by atomic mass is 31.1. The number of amides is 2. The Morgan fingerprint density at radius 2 is 1.38 bits per heavy atom. The predicted molar refractivity (Wildman–Crippen MR) is 233 cm³/mol. The Morgan fingerprint density at radius 1 is 0.783 bits per heavy atom. The third kappa shape index (κ3) is 14.9. The maximum absolute atomic E-state index is 13.8. The van der Waals surface area contributed by atoms with Crippen LogP contribution >= 0.6 is 7.80 Å². The van der Waals surface area contributed by atoms with E-state index in [4.69, 9.17) is 17.0 Å². The van der Waals surface area contributed by atoms with Crippen LogP contribution in [-0.2, 0) is 49.5 Å². The van der Waals surface area contributed by atoms with Gasteiger partial charge in [-0.05, 0) is 80.4 Å². The Hall–Kier alpha value is -4.96. The number of esters is 2. The minimum absolute atomic E-state index is 0.0186. The van der Waals surface area contributed by atoms with E-state index in [0.717, 1.165) is 27.8 Å². The van der Waals surface area contributed by atoms with Crippen molar-refractivity contribution in [3.8, 4) is 11.1 Å². The molecule has 0 saturated heterocycles. The number of benzene rings is 3. The smallest absolute Gasteiger partial charge is 0.310 e. The lowest BCUT2D eigenvalue weighted by molar-refractivity contribution is -0.164. The molecule has 0 heterocycles. The van der Waals surface area contributed by atoms with Gasteiger partial charge in [0.2, 0.25) is 11.8 Å². The Kier molecular flexibility index (Phi) is 18.0. The van der Waals surface area contributed by atoms with Crippen molar-refractivity contribution >= 4 is 56.2 Å². The SMILES string of the molecule is [B]P(C)C(=O)CNC(=O)C(CC(=O)C(Cc1ccccc1)NC(=O)CCC(=O)CCC(CC(=O)OCC1c2ccccc2-c2ccccc21)C(=O)OC(C)(C)C)CC(C)C. The van der Waals surface area contributed by atoms with Crippen molar-refractivity contribution in [2.75, 3.05) is 19.8 Å². The Labute approximate surface area is 356 Å². The van der Waals surface area contributed by atoms with E-state index < -0.39 is 55.0 Å². The largest absolute Gasteiger partial charge is 0.465 e. The van der Waals surface area contributed by atoms with E-state index in [1.54, 1.807) is 27.4 Å². The summed E-state index contributed by atoms with van der Waals surface area (Å²) in [5, 5.41) is 5.42. The first-order valence-corrected chi connectivity index (χ1v) is 22.5. The molecule has 3 aromatic carbocycles. The van der Waals surface area contributed by atoms with Gasteiger partial charge >= 0.3 is 11.9 Å². The summed E-state index contributed by atoms with van der Waals surface area (Å²) in [6.45, 7) is 10.5. The molecule has 0 saturated carbocycles. The minimum Gasteiger partial charge on any atom is -0.465 e. The van der Waals surface area contributed by atoms with E-state index >= 15 is 0 Å². The number of nitrogens with one attached hydrogen (secondary N) is 2. The van der Waals surface area contributed by atoms with Crippen LogP contribution in [0.1, 0.15) is 102 Å². The van der Waals surface area contributed by atoms with Crippen molar-refractivity contribution in [1.29, 1.82) is 0 Å². The van der Waals surface area contributed by atoms with E-state index in [0.29, 0.717) is 6.42 Å². The van der Waals surface area contributed by atoms with E-state index in [9.17, 15) is 33.6 Å². The molecule has 60 heavy (non-hydrogen) atoms. The van der Waals surface area contributed by atoms with Gasteiger partial charge in [0, 0.05) is 37.5 Å². The fraction of sp³-hybridized carbons (Fsp3) is 0.468. The van der Waals surface area contributed by atoms with Crippen LogP contribution in [0.2, 0.25) is 0 Å². The fourth-order valence-corrected chi connectivity index (χ4v) is 7.64. The Morgan fingerprint density at radius 3 is 1.97 bits per heavy atom. The number of fused-ring (bicyclic) bond motifs is 3. The standard InChI is InChI=1S/C47H58BN2O9P/c1-30(2)24-33(45(56)49-28-44(55)60(6)48)26-41(52)40(25-31-14-8-7-9-15-31)50-42(53)23-22-34(51)21-20-32(46(57)59-47(3,4)5)27-43(54)58-29-39-37-18-12-10-16-35(37)36-17-11-13-19-38(36)39/h7-19,30,32-33,39-40H,20-29H2,1-6H3,(H,49,56)(H,50,53). The topological polar surface area (TPSA) is 162 Å². The maximum atomic E-state index is 13.8. The van der Waals surface area contributed by atoms with Gasteiger partial charge in [0.05, 0.1) is 24.9 Å². The van der Waals surface area contributed by atoms with Crippen LogP contribution in [0.4, 0.5) is 0 Å². The summed E-state index contributed by atoms with van der Waals surface area (Å²) in [7, 11) is 4.34. The van der Waals surface area contributed by atoms with E-state index in [-0.39, 0.29) is 87.0 Å². The van der Waals surface area contributed by atoms with Crippen LogP contribution in [0.5, 0.6) is 0 Å². The van der Waals surface area contributed by atoms with Gasteiger partial charge in [0.1, 0.15) is 25.6 Å². The van der Waals surface area contributed by atoms with Crippen molar-refractivity contribution in [3.63, 3.8) is 0 Å². The summed E-state index contributed by atoms with van der Waals surface area (Å²) in [6, 6.07) is 24.1. The molecule has 4 rings (SSSR count). The van der Waals surface area contributed by atoms with Gasteiger partial charge < -0.3 is 20.1 Å². The highest BCUT2D eigenvalue weighted by Gasteiger charge is 2.33. The molecule has 3 aromatic rings. The van der Waals surface area contributed by atoms with E-state index in [2.05, 4.69) is 10.6 Å². The second kappa shape index (κ2) is 22.6. The normalized spacial score (nSPS) is 14.2. The molecule has 318 valence electrons. The van der Waals surface area contributed by atoms with Crippen LogP contribution in [0, 0.1) is 17.8 Å². The lowest BCUT2D eigenvalue weighted by atomic mass is 9.88. The van der Waals surface area contributed by atoms with Crippen molar-refractivity contribution in [2.24, 2.45) is 17.8 Å². The number of hydrogen-bond donors (Lipinski definition) is 2. The number of rotatable bonds is 23. The molecule has 13 heteroatoms. The lowest BCUT2D eigenvalue weighted by Gasteiger charge is -2.24. The quantitative estimate of drug-likeness (QED) is 0.0582. The van der Waals surface area contributed by atoms with Gasteiger partial charge in [0.15, 0.2) is 11.3 Å². The zero-order valence-electron chi connectivity index (χ0n) is 35.7. The van der Waals surface area contributed by atoms with E-state index in [1.165, 1.54) is 0 Å². The molecule has 2 radical (unpaired) electrons. The van der Waals surface area contributed by atoms with Crippen LogP contribution in [0.3, 0.4) is 0 Å². The number of ketones is 2. The van der Waals surface area contributed by atoms with Crippen molar-refractivity contribution in [3.05, 3.63) is 95.6 Å². The molecule has 0 fully saturated rings. The fourth-order valence-electron chi connectivity index (χ4n) is 7.31. The highest BCUT2D eigenvalue weighted by Crippen LogP contribution is 2.44. The van der Waals surface area contributed by atoms with Crippen LogP contribution in [-0.4, -0.2) is 79.9 Å². The van der Waals surface area contributed by atoms with Gasteiger partial charge in [0.25, 0.3) is 0 Å². The molecule has 4 unspecified atom stereocenters. The van der Waals surface area contributed by atoms with Gasteiger partial charge in [-0.15, -0.1) is 0 Å². The Bertz CT molecular complexity index is 1950. The van der Waals surface area contributed by atoms with Crippen molar-refractivity contribution < 1.29 is 43.0 Å². The molecule has 2 amide bonds. The number of ether oxygens (including phenoxy) is 2. The molecule has 1 aliphatic carbocycles. The molecule has 4 atom stereocenters. The first kappa shape index (κ1) is 47.7. The zero-order valence-corrected chi connectivity index (χ0v) is 36.6. The van der Waals surface area contributed by atoms with Gasteiger partial charge in [-0.25, -0.2) is 0 Å². The van der Waals surface area contributed by atoms with Crippen molar-refractivity contribution in [1.82, 2.24) is 10.6 Å². The first-order chi connectivity index (χ1) is 28.4. The first-order valence-electron chi connectivity index (χ1n) is 20.6. The molecule has 1 aliphatic rings. The second-order valence-electron chi connectivity index (χ2n) is 17.0. The zero-order chi connectivity index (χ0) is 44.0. The minimum atomic E-state index is -1.37.